The molecule has 2 atom stereocenters. The van der Waals surface area contributed by atoms with E-state index in [0.717, 1.165) is 26.1 Å². The third kappa shape index (κ3) is 3.28. The molecular formula is C16H27N3. The van der Waals surface area contributed by atoms with E-state index in [1.54, 1.807) is 0 Å². The lowest BCUT2D eigenvalue weighted by Crippen LogP contribution is -2.58. The monoisotopic (exact) mass is 261 g/mol. The minimum atomic E-state index is 0.575. The van der Waals surface area contributed by atoms with Gasteiger partial charge in [0.25, 0.3) is 0 Å². The van der Waals surface area contributed by atoms with Gasteiger partial charge < -0.3 is 10.2 Å². The van der Waals surface area contributed by atoms with Crippen LogP contribution >= 0.6 is 0 Å². The topological polar surface area (TPSA) is 18.5 Å². The van der Waals surface area contributed by atoms with Crippen LogP contribution < -0.4 is 10.2 Å². The summed E-state index contributed by atoms with van der Waals surface area (Å²) in [6.07, 6.45) is 1.11. The number of nitrogens with zero attached hydrogens (tertiary/aromatic N) is 2. The van der Waals surface area contributed by atoms with Gasteiger partial charge in [-0.05, 0) is 45.1 Å². The van der Waals surface area contributed by atoms with Crippen molar-refractivity contribution in [2.24, 2.45) is 0 Å². The van der Waals surface area contributed by atoms with E-state index in [-0.39, 0.29) is 0 Å². The Morgan fingerprint density at radius 2 is 1.89 bits per heavy atom. The molecule has 0 spiro atoms. The summed E-state index contributed by atoms with van der Waals surface area (Å²) in [7, 11) is 4.27. The van der Waals surface area contributed by atoms with Crippen molar-refractivity contribution in [3.8, 4) is 0 Å². The van der Waals surface area contributed by atoms with Gasteiger partial charge in [0, 0.05) is 37.4 Å². The van der Waals surface area contributed by atoms with Crippen molar-refractivity contribution < 1.29 is 0 Å². The van der Waals surface area contributed by atoms with E-state index in [9.17, 15) is 0 Å². The number of hydrogen-bond donors (Lipinski definition) is 1. The van der Waals surface area contributed by atoms with E-state index in [1.807, 2.05) is 7.05 Å². The molecule has 1 saturated heterocycles. The molecule has 1 N–H and O–H groups in total. The smallest absolute Gasteiger partial charge is 0.0393 e. The van der Waals surface area contributed by atoms with Crippen LogP contribution in [0.4, 0.5) is 5.69 Å². The van der Waals surface area contributed by atoms with Gasteiger partial charge in [0.15, 0.2) is 0 Å². The molecule has 1 aromatic carbocycles. The molecule has 1 aliphatic heterocycles. The van der Waals surface area contributed by atoms with Gasteiger partial charge in [-0.25, -0.2) is 0 Å². The van der Waals surface area contributed by atoms with E-state index in [0.29, 0.717) is 12.1 Å². The molecule has 1 aliphatic rings. The van der Waals surface area contributed by atoms with Crippen molar-refractivity contribution in [2.45, 2.75) is 32.4 Å². The van der Waals surface area contributed by atoms with Crippen molar-refractivity contribution in [3.63, 3.8) is 0 Å². The molecule has 0 aromatic heterocycles. The zero-order chi connectivity index (χ0) is 13.8. The molecule has 0 amide bonds. The van der Waals surface area contributed by atoms with Crippen molar-refractivity contribution in [3.05, 3.63) is 29.8 Å². The average Bonchev–Trinajstić information content (AvgIpc) is 2.42. The number of rotatable bonds is 4. The Hall–Kier alpha value is -1.06. The van der Waals surface area contributed by atoms with Gasteiger partial charge in [-0.2, -0.15) is 0 Å². The van der Waals surface area contributed by atoms with Gasteiger partial charge in [-0.3, -0.25) is 4.90 Å². The van der Waals surface area contributed by atoms with Gasteiger partial charge in [-0.1, -0.05) is 19.1 Å². The first-order chi connectivity index (χ1) is 9.15. The van der Waals surface area contributed by atoms with Gasteiger partial charge >= 0.3 is 0 Å². The van der Waals surface area contributed by atoms with Crippen LogP contribution in [0.25, 0.3) is 0 Å². The van der Waals surface area contributed by atoms with Crippen LogP contribution in [0.15, 0.2) is 24.3 Å². The van der Waals surface area contributed by atoms with Crippen LogP contribution in [0.1, 0.15) is 19.4 Å². The molecule has 0 saturated carbocycles. The highest BCUT2D eigenvalue weighted by atomic mass is 15.3. The molecule has 3 nitrogen and oxygen atoms in total. The summed E-state index contributed by atoms with van der Waals surface area (Å²) in [6.45, 7) is 7.80. The minimum Gasteiger partial charge on any atom is -0.366 e. The lowest BCUT2D eigenvalue weighted by atomic mass is 10.1. The summed E-state index contributed by atoms with van der Waals surface area (Å²) < 4.78 is 0. The quantitative estimate of drug-likeness (QED) is 0.894. The van der Waals surface area contributed by atoms with Gasteiger partial charge in [0.05, 0.1) is 0 Å². The second kappa shape index (κ2) is 6.40. The molecule has 0 radical (unpaired) electrons. The second-order valence-electron chi connectivity index (χ2n) is 5.67. The molecule has 106 valence electrons. The first kappa shape index (κ1) is 14.4. The lowest BCUT2D eigenvalue weighted by molar-refractivity contribution is 0.190. The first-order valence-corrected chi connectivity index (χ1v) is 7.36. The molecule has 2 rings (SSSR count). The van der Waals surface area contributed by atoms with Gasteiger partial charge in [0.2, 0.25) is 0 Å². The fourth-order valence-corrected chi connectivity index (χ4v) is 2.95. The van der Waals surface area contributed by atoms with E-state index < -0.39 is 0 Å². The maximum Gasteiger partial charge on any atom is 0.0393 e. The lowest BCUT2D eigenvalue weighted by Gasteiger charge is -2.45. The van der Waals surface area contributed by atoms with Gasteiger partial charge in [0.1, 0.15) is 0 Å². The number of anilines is 1. The summed E-state index contributed by atoms with van der Waals surface area (Å²) in [5.74, 6) is 0. The SMILES string of the molecule is CCc1ccc(N2CC(CNC)N(C)CC2C)cc1. The Morgan fingerprint density at radius 1 is 1.21 bits per heavy atom. The van der Waals surface area contributed by atoms with Crippen molar-refractivity contribution in [1.82, 2.24) is 10.2 Å². The maximum atomic E-state index is 3.30. The predicted octanol–water partition coefficient (Wildman–Crippen LogP) is 1.98. The van der Waals surface area contributed by atoms with Crippen molar-refractivity contribution in [2.75, 3.05) is 38.6 Å². The molecule has 3 heteroatoms. The molecule has 0 bridgehead atoms. The summed E-state index contributed by atoms with van der Waals surface area (Å²) in [6, 6.07) is 10.2. The highest BCUT2D eigenvalue weighted by Crippen LogP contribution is 2.23. The third-order valence-electron chi connectivity index (χ3n) is 4.23. The highest BCUT2D eigenvalue weighted by Gasteiger charge is 2.28. The second-order valence-corrected chi connectivity index (χ2v) is 5.67. The number of aryl methyl sites for hydroxylation is 1. The molecule has 2 unspecified atom stereocenters. The van der Waals surface area contributed by atoms with Gasteiger partial charge in [-0.15, -0.1) is 0 Å². The van der Waals surface area contributed by atoms with Crippen LogP contribution in [-0.4, -0.2) is 50.7 Å². The highest BCUT2D eigenvalue weighted by molar-refractivity contribution is 5.49. The Morgan fingerprint density at radius 3 is 2.47 bits per heavy atom. The van der Waals surface area contributed by atoms with Crippen LogP contribution in [0.2, 0.25) is 0 Å². The maximum absolute atomic E-state index is 3.30. The molecule has 1 heterocycles. The minimum absolute atomic E-state index is 0.575. The summed E-state index contributed by atoms with van der Waals surface area (Å²) in [4.78, 5) is 5.01. The summed E-state index contributed by atoms with van der Waals surface area (Å²) >= 11 is 0. The van der Waals surface area contributed by atoms with Crippen LogP contribution in [0, 0.1) is 0 Å². The summed E-state index contributed by atoms with van der Waals surface area (Å²) in [5.41, 5.74) is 2.77. The standard InChI is InChI=1S/C16H27N3/c1-5-14-6-8-15(9-7-14)19-12-16(10-17-3)18(4)11-13(19)2/h6-9,13,16-17H,5,10-12H2,1-4H3. The molecule has 0 aliphatic carbocycles. The van der Waals surface area contributed by atoms with Crippen LogP contribution in [0.5, 0.6) is 0 Å². The number of likely N-dealkylation sites (N-methyl/N-ethyl adjacent to an activating group) is 2. The summed E-state index contributed by atoms with van der Waals surface area (Å²) in [5, 5.41) is 3.30. The number of piperazine rings is 1. The van der Waals surface area contributed by atoms with E-state index in [1.165, 1.54) is 11.3 Å². The normalized spacial score (nSPS) is 24.7. The molecule has 1 aromatic rings. The molecule has 19 heavy (non-hydrogen) atoms. The third-order valence-corrected chi connectivity index (χ3v) is 4.23. The zero-order valence-electron chi connectivity index (χ0n) is 12.7. The number of nitrogens with one attached hydrogen (secondary N) is 1. The number of benzene rings is 1. The average molecular weight is 261 g/mol. The Balaban J connectivity index is 2.12. The predicted molar refractivity (Wildman–Crippen MR) is 83.0 cm³/mol. The van der Waals surface area contributed by atoms with E-state index >= 15 is 0 Å². The zero-order valence-corrected chi connectivity index (χ0v) is 12.7. The fraction of sp³-hybridized carbons (Fsp3) is 0.625. The first-order valence-electron chi connectivity index (χ1n) is 7.36. The fourth-order valence-electron chi connectivity index (χ4n) is 2.95. The molecular weight excluding hydrogens is 234 g/mol. The Labute approximate surface area is 117 Å². The van der Waals surface area contributed by atoms with E-state index in [4.69, 9.17) is 0 Å². The Bertz CT molecular complexity index is 387. The van der Waals surface area contributed by atoms with E-state index in [2.05, 4.69) is 60.3 Å². The molecule has 1 fully saturated rings. The van der Waals surface area contributed by atoms with Crippen LogP contribution in [-0.2, 0) is 6.42 Å². The number of hydrogen-bond acceptors (Lipinski definition) is 3. The van der Waals surface area contributed by atoms with Crippen molar-refractivity contribution in [1.29, 1.82) is 0 Å². The van der Waals surface area contributed by atoms with Crippen LogP contribution in [0.3, 0.4) is 0 Å². The Kier molecular flexibility index (Phi) is 4.83. The largest absolute Gasteiger partial charge is 0.366 e. The van der Waals surface area contributed by atoms with Crippen molar-refractivity contribution >= 4 is 5.69 Å².